The smallest absolute Gasteiger partial charge is 0.138 e. The fourth-order valence-corrected chi connectivity index (χ4v) is 6.82. The van der Waals surface area contributed by atoms with Crippen LogP contribution in [0.4, 0.5) is 11.4 Å². The van der Waals surface area contributed by atoms with Gasteiger partial charge in [0.25, 0.3) is 0 Å². The fraction of sp³-hybridized carbons (Fsp3) is 0.509. The SMILES string of the molecule is CCCN(CCC)c1ccc(-c2cccc(OC(C)(C)CCOC(C)(C)C)c2C#N)cc1.CCN(CC)c1ccc(-c2cccc(OC(C)(C)COC(C)(C)C)c2C#N)cc1. The molecule has 0 N–H and O–H groups in total. The molecule has 0 aromatic heterocycles. The number of anilines is 2. The molecule has 61 heavy (non-hydrogen) atoms. The van der Waals surface area contributed by atoms with Crippen LogP contribution in [0.25, 0.3) is 22.3 Å². The van der Waals surface area contributed by atoms with Gasteiger partial charge in [-0.3, -0.25) is 0 Å². The Balaban J connectivity index is 0.000000327. The predicted molar refractivity (Wildman–Crippen MR) is 255 cm³/mol. The van der Waals surface area contributed by atoms with Crippen molar-refractivity contribution in [2.24, 2.45) is 0 Å². The topological polar surface area (TPSA) is 91.0 Å². The summed E-state index contributed by atoms with van der Waals surface area (Å²) in [4.78, 5) is 4.71. The van der Waals surface area contributed by atoms with Gasteiger partial charge in [-0.05, 0) is 143 Å². The first-order chi connectivity index (χ1) is 28.7. The molecule has 0 fully saturated rings. The lowest BCUT2D eigenvalue weighted by Crippen LogP contribution is -2.38. The van der Waals surface area contributed by atoms with Gasteiger partial charge in [0, 0.05) is 55.1 Å². The number of nitrogens with zero attached hydrogens (tertiary/aromatic N) is 4. The van der Waals surface area contributed by atoms with Crippen molar-refractivity contribution in [1.29, 1.82) is 10.5 Å². The Bertz CT molecular complexity index is 2020. The molecule has 4 rings (SSSR count). The Kier molecular flexibility index (Phi) is 18.7. The van der Waals surface area contributed by atoms with Crippen LogP contribution >= 0.6 is 0 Å². The van der Waals surface area contributed by atoms with Gasteiger partial charge in [0.15, 0.2) is 0 Å². The molecular weight excluding hydrogens is 757 g/mol. The van der Waals surface area contributed by atoms with Gasteiger partial charge in [0.05, 0.1) is 24.4 Å². The number of ether oxygens (including phenoxy) is 4. The maximum atomic E-state index is 9.96. The zero-order valence-corrected chi connectivity index (χ0v) is 39.9. The molecule has 0 amide bonds. The lowest BCUT2D eigenvalue weighted by atomic mass is 9.98. The Labute approximate surface area is 369 Å². The largest absolute Gasteiger partial charge is 0.486 e. The summed E-state index contributed by atoms with van der Waals surface area (Å²) in [6.45, 7) is 34.0. The third-order valence-corrected chi connectivity index (χ3v) is 9.98. The molecule has 4 aromatic rings. The van der Waals surface area contributed by atoms with Crippen molar-refractivity contribution in [3.05, 3.63) is 96.1 Å². The van der Waals surface area contributed by atoms with E-state index in [0.29, 0.717) is 35.8 Å². The van der Waals surface area contributed by atoms with Gasteiger partial charge in [0.1, 0.15) is 46.0 Å². The third kappa shape index (κ3) is 16.1. The summed E-state index contributed by atoms with van der Waals surface area (Å²) in [5.74, 6) is 1.20. The summed E-state index contributed by atoms with van der Waals surface area (Å²) in [6.07, 6.45) is 2.98. The predicted octanol–water partition coefficient (Wildman–Crippen LogP) is 13.3. The molecule has 0 bridgehead atoms. The molecular formula is C53H74N4O4. The van der Waals surface area contributed by atoms with E-state index in [0.717, 1.165) is 67.7 Å². The van der Waals surface area contributed by atoms with Crippen molar-refractivity contribution in [3.8, 4) is 45.9 Å². The van der Waals surface area contributed by atoms with E-state index in [1.165, 1.54) is 11.4 Å². The average Bonchev–Trinajstić information content (AvgIpc) is 3.20. The van der Waals surface area contributed by atoms with Gasteiger partial charge in [-0.2, -0.15) is 10.5 Å². The average molecular weight is 831 g/mol. The lowest BCUT2D eigenvalue weighted by molar-refractivity contribution is -0.0723. The molecule has 8 nitrogen and oxygen atoms in total. The number of rotatable bonds is 19. The first kappa shape index (κ1) is 50.3. The second kappa shape index (κ2) is 22.7. The summed E-state index contributed by atoms with van der Waals surface area (Å²) < 4.78 is 24.3. The molecule has 0 aliphatic rings. The van der Waals surface area contributed by atoms with Crippen LogP contribution in [-0.4, -0.2) is 61.8 Å². The van der Waals surface area contributed by atoms with E-state index in [2.05, 4.69) is 98.2 Å². The van der Waals surface area contributed by atoms with Gasteiger partial charge < -0.3 is 28.7 Å². The first-order valence-corrected chi connectivity index (χ1v) is 22.1. The van der Waals surface area contributed by atoms with Crippen LogP contribution in [0.1, 0.15) is 127 Å². The molecule has 0 spiro atoms. The number of benzene rings is 4. The van der Waals surface area contributed by atoms with Crippen LogP contribution in [0, 0.1) is 22.7 Å². The molecule has 0 heterocycles. The van der Waals surface area contributed by atoms with Crippen molar-refractivity contribution < 1.29 is 18.9 Å². The lowest BCUT2D eigenvalue weighted by Gasteiger charge is -2.31. The molecule has 8 heteroatoms. The number of nitriles is 2. The van der Waals surface area contributed by atoms with E-state index in [9.17, 15) is 10.5 Å². The van der Waals surface area contributed by atoms with Crippen LogP contribution in [0.3, 0.4) is 0 Å². The summed E-state index contributed by atoms with van der Waals surface area (Å²) >= 11 is 0. The minimum absolute atomic E-state index is 0.177. The Hall–Kier alpha value is -5.02. The third-order valence-electron chi connectivity index (χ3n) is 9.98. The van der Waals surface area contributed by atoms with Crippen molar-refractivity contribution in [2.45, 2.75) is 139 Å². The Morgan fingerprint density at radius 2 is 0.918 bits per heavy atom. The van der Waals surface area contributed by atoms with Gasteiger partial charge in [0.2, 0.25) is 0 Å². The molecule has 0 aliphatic carbocycles. The highest BCUT2D eigenvalue weighted by atomic mass is 16.6. The summed E-state index contributed by atoms with van der Waals surface area (Å²) in [6, 6.07) is 33.2. The highest BCUT2D eigenvalue weighted by molar-refractivity contribution is 5.76. The number of hydrogen-bond donors (Lipinski definition) is 0. The molecule has 0 atom stereocenters. The van der Waals surface area contributed by atoms with E-state index in [1.54, 1.807) is 0 Å². The second-order valence-corrected chi connectivity index (χ2v) is 18.7. The maximum Gasteiger partial charge on any atom is 0.138 e. The summed E-state index contributed by atoms with van der Waals surface area (Å²) in [5, 5.41) is 19.8. The molecule has 0 aliphatic heterocycles. The first-order valence-electron chi connectivity index (χ1n) is 22.1. The van der Waals surface area contributed by atoms with E-state index in [-0.39, 0.29) is 11.2 Å². The molecule has 0 saturated heterocycles. The van der Waals surface area contributed by atoms with Gasteiger partial charge in [-0.25, -0.2) is 0 Å². The van der Waals surface area contributed by atoms with Gasteiger partial charge in [-0.1, -0.05) is 62.4 Å². The van der Waals surface area contributed by atoms with E-state index in [1.807, 2.05) is 106 Å². The van der Waals surface area contributed by atoms with E-state index >= 15 is 0 Å². The Morgan fingerprint density at radius 3 is 1.30 bits per heavy atom. The monoisotopic (exact) mass is 831 g/mol. The van der Waals surface area contributed by atoms with Crippen molar-refractivity contribution in [3.63, 3.8) is 0 Å². The van der Waals surface area contributed by atoms with E-state index < -0.39 is 11.2 Å². The molecule has 0 unspecified atom stereocenters. The molecule has 330 valence electrons. The van der Waals surface area contributed by atoms with Crippen molar-refractivity contribution in [1.82, 2.24) is 0 Å². The quantitative estimate of drug-likeness (QED) is 0.0923. The fourth-order valence-electron chi connectivity index (χ4n) is 6.82. The zero-order valence-electron chi connectivity index (χ0n) is 39.9. The highest BCUT2D eigenvalue weighted by Crippen LogP contribution is 2.35. The van der Waals surface area contributed by atoms with Crippen LogP contribution in [-0.2, 0) is 9.47 Å². The minimum Gasteiger partial charge on any atom is -0.486 e. The van der Waals surface area contributed by atoms with Crippen molar-refractivity contribution >= 4 is 11.4 Å². The maximum absolute atomic E-state index is 9.96. The molecule has 0 radical (unpaired) electrons. The van der Waals surface area contributed by atoms with E-state index in [4.69, 9.17) is 18.9 Å². The normalized spacial score (nSPS) is 11.8. The number of hydrogen-bond acceptors (Lipinski definition) is 8. The standard InChI is InChI=1S/C28H40N2O2.C25H34N2O2/c1-8-18-30(19-9-2)23-15-13-22(14-16-23)24-11-10-12-26(25(24)21-29)32-28(6,7)17-20-31-27(3,4)5;1-8-27(9-2)20-15-13-19(14-16-20)21-11-10-12-23(22(21)17-26)29-25(6,7)18-28-24(3,4)5/h10-16H,8-9,17-20H2,1-7H3;10-16H,8-9,18H2,1-7H3. The summed E-state index contributed by atoms with van der Waals surface area (Å²) in [7, 11) is 0. The second-order valence-electron chi connectivity index (χ2n) is 18.7. The molecule has 4 aromatic carbocycles. The van der Waals surface area contributed by atoms with Gasteiger partial charge in [-0.15, -0.1) is 0 Å². The van der Waals surface area contributed by atoms with Crippen LogP contribution < -0.4 is 19.3 Å². The van der Waals surface area contributed by atoms with Crippen LogP contribution in [0.5, 0.6) is 11.5 Å². The molecule has 0 saturated carbocycles. The highest BCUT2D eigenvalue weighted by Gasteiger charge is 2.27. The van der Waals surface area contributed by atoms with Crippen LogP contribution in [0.2, 0.25) is 0 Å². The summed E-state index contributed by atoms with van der Waals surface area (Å²) in [5.41, 5.74) is 5.93. The van der Waals surface area contributed by atoms with Gasteiger partial charge >= 0.3 is 0 Å². The minimum atomic E-state index is -0.551. The Morgan fingerprint density at radius 1 is 0.508 bits per heavy atom. The van der Waals surface area contributed by atoms with Crippen molar-refractivity contribution in [2.75, 3.05) is 49.2 Å². The van der Waals surface area contributed by atoms with Crippen LogP contribution in [0.15, 0.2) is 84.9 Å². The zero-order chi connectivity index (χ0) is 45.4.